The van der Waals surface area contributed by atoms with E-state index in [9.17, 15) is 14.0 Å². The summed E-state index contributed by atoms with van der Waals surface area (Å²) in [7, 11) is 3.41. The van der Waals surface area contributed by atoms with E-state index in [4.69, 9.17) is 4.74 Å². The zero-order valence-electron chi connectivity index (χ0n) is 18.2. The summed E-state index contributed by atoms with van der Waals surface area (Å²) in [4.78, 5) is 26.8. The summed E-state index contributed by atoms with van der Waals surface area (Å²) in [5.74, 6) is -0.212. The lowest BCUT2D eigenvalue weighted by atomic mass is 9.93. The summed E-state index contributed by atoms with van der Waals surface area (Å²) in [5, 5.41) is 5.64. The summed E-state index contributed by atoms with van der Waals surface area (Å²) in [6.07, 6.45) is 8.73. The molecule has 3 aliphatic rings. The largest absolute Gasteiger partial charge is 0.495 e. The first kappa shape index (κ1) is 21.4. The normalized spacial score (nSPS) is 21.3. The van der Waals surface area contributed by atoms with E-state index in [1.54, 1.807) is 6.07 Å². The number of benzene rings is 1. The monoisotopic (exact) mass is 427 g/mol. The first-order chi connectivity index (χ1) is 15.0. The van der Waals surface area contributed by atoms with Crippen molar-refractivity contribution in [2.45, 2.75) is 57.0 Å². The number of hydrogen-bond acceptors (Lipinski definition) is 4. The predicted molar refractivity (Wildman–Crippen MR) is 116 cm³/mol. The van der Waals surface area contributed by atoms with Gasteiger partial charge in [-0.25, -0.2) is 4.39 Å². The van der Waals surface area contributed by atoms with Crippen molar-refractivity contribution in [3.8, 4) is 0 Å². The van der Waals surface area contributed by atoms with Crippen molar-refractivity contribution in [1.82, 2.24) is 15.5 Å². The molecule has 2 N–H and O–H groups in total. The lowest BCUT2D eigenvalue weighted by molar-refractivity contribution is -0.120. The Morgan fingerprint density at radius 2 is 1.94 bits per heavy atom. The first-order valence-electron chi connectivity index (χ1n) is 11.1. The molecule has 1 saturated carbocycles. The molecule has 1 aromatic carbocycles. The molecule has 1 atom stereocenters. The molecule has 166 valence electrons. The van der Waals surface area contributed by atoms with E-state index in [0.29, 0.717) is 18.7 Å². The van der Waals surface area contributed by atoms with Gasteiger partial charge in [-0.15, -0.1) is 0 Å². The fraction of sp³-hybridized carbons (Fsp3) is 0.500. The average Bonchev–Trinajstić information content (AvgIpc) is 3.27. The molecule has 1 aromatic rings. The second-order valence-electron chi connectivity index (χ2n) is 8.56. The van der Waals surface area contributed by atoms with Gasteiger partial charge in [0.1, 0.15) is 17.3 Å². The van der Waals surface area contributed by atoms with Crippen LogP contribution in [0.25, 0.3) is 0 Å². The number of nitrogens with one attached hydrogen (secondary N) is 2. The summed E-state index contributed by atoms with van der Waals surface area (Å²) in [5.41, 5.74) is 2.27. The maximum absolute atomic E-state index is 14.4. The third-order valence-electron chi connectivity index (χ3n) is 6.50. The van der Waals surface area contributed by atoms with Crippen LogP contribution in [0.15, 0.2) is 41.3 Å². The SMILES string of the molecule is CNC(=O)c1ccc(CC2=C3OCCC3N(C)C(C(=O)NC3CCCCC3)=C2)cc1F. The van der Waals surface area contributed by atoms with Crippen molar-refractivity contribution >= 4 is 11.8 Å². The van der Waals surface area contributed by atoms with Gasteiger partial charge in [0.2, 0.25) is 0 Å². The highest BCUT2D eigenvalue weighted by Gasteiger charge is 2.36. The number of carbonyl (C=O) groups is 2. The van der Waals surface area contributed by atoms with Gasteiger partial charge in [0.25, 0.3) is 11.8 Å². The second-order valence-corrected chi connectivity index (χ2v) is 8.56. The molecule has 7 heteroatoms. The molecular weight excluding hydrogens is 397 g/mol. The van der Waals surface area contributed by atoms with Crippen molar-refractivity contribution in [3.63, 3.8) is 0 Å². The van der Waals surface area contributed by atoms with E-state index in [0.717, 1.165) is 49.0 Å². The van der Waals surface area contributed by atoms with Crippen molar-refractivity contribution < 1.29 is 18.7 Å². The van der Waals surface area contributed by atoms with Crippen LogP contribution in [0.1, 0.15) is 54.4 Å². The van der Waals surface area contributed by atoms with Gasteiger partial charge in [-0.1, -0.05) is 25.3 Å². The van der Waals surface area contributed by atoms with Crippen LogP contribution >= 0.6 is 0 Å². The molecule has 31 heavy (non-hydrogen) atoms. The number of rotatable bonds is 5. The fourth-order valence-electron chi connectivity index (χ4n) is 4.77. The number of ether oxygens (including phenoxy) is 1. The molecule has 1 saturated heterocycles. The molecule has 2 amide bonds. The Kier molecular flexibility index (Phi) is 6.30. The first-order valence-corrected chi connectivity index (χ1v) is 11.1. The molecule has 2 heterocycles. The van der Waals surface area contributed by atoms with E-state index in [1.165, 1.54) is 25.6 Å². The number of carbonyl (C=O) groups excluding carboxylic acids is 2. The minimum Gasteiger partial charge on any atom is -0.495 e. The van der Waals surface area contributed by atoms with E-state index in [-0.39, 0.29) is 23.6 Å². The van der Waals surface area contributed by atoms with Gasteiger partial charge >= 0.3 is 0 Å². The smallest absolute Gasteiger partial charge is 0.267 e. The van der Waals surface area contributed by atoms with Gasteiger partial charge in [-0.2, -0.15) is 0 Å². The van der Waals surface area contributed by atoms with Crippen LogP contribution in [-0.4, -0.2) is 49.5 Å². The number of fused-ring (bicyclic) bond motifs is 1. The van der Waals surface area contributed by atoms with E-state index in [2.05, 4.69) is 10.6 Å². The molecule has 4 rings (SSSR count). The Morgan fingerprint density at radius 3 is 2.65 bits per heavy atom. The van der Waals surface area contributed by atoms with E-state index < -0.39 is 11.7 Å². The number of amides is 2. The fourth-order valence-corrected chi connectivity index (χ4v) is 4.77. The molecule has 2 aliphatic heterocycles. The van der Waals surface area contributed by atoms with E-state index >= 15 is 0 Å². The van der Waals surface area contributed by atoms with Gasteiger partial charge in [-0.05, 0) is 42.2 Å². The molecule has 0 spiro atoms. The van der Waals surface area contributed by atoms with Crippen molar-refractivity contribution in [2.24, 2.45) is 0 Å². The Balaban J connectivity index is 1.57. The number of nitrogens with zero attached hydrogens (tertiary/aromatic N) is 1. The molecular formula is C24H30FN3O3. The summed E-state index contributed by atoms with van der Waals surface area (Å²) in [6, 6.07) is 4.88. The quantitative estimate of drug-likeness (QED) is 0.758. The minimum atomic E-state index is -0.557. The predicted octanol–water partition coefficient (Wildman–Crippen LogP) is 3.05. The topological polar surface area (TPSA) is 70.7 Å². The molecule has 0 bridgehead atoms. The highest BCUT2D eigenvalue weighted by molar-refractivity contribution is 5.94. The zero-order valence-corrected chi connectivity index (χ0v) is 18.2. The van der Waals surface area contributed by atoms with Crippen LogP contribution in [-0.2, 0) is 16.0 Å². The number of halogens is 1. The Bertz CT molecular complexity index is 934. The van der Waals surface area contributed by atoms with Crippen LogP contribution in [0, 0.1) is 5.82 Å². The van der Waals surface area contributed by atoms with Crippen molar-refractivity contribution in [2.75, 3.05) is 20.7 Å². The highest BCUT2D eigenvalue weighted by Crippen LogP contribution is 2.34. The zero-order chi connectivity index (χ0) is 22.0. The molecule has 2 fully saturated rings. The van der Waals surface area contributed by atoms with Crippen LogP contribution < -0.4 is 10.6 Å². The molecule has 6 nitrogen and oxygen atoms in total. The Labute approximate surface area is 182 Å². The third kappa shape index (κ3) is 4.45. The molecule has 1 unspecified atom stereocenters. The summed E-state index contributed by atoms with van der Waals surface area (Å²) < 4.78 is 20.3. The molecule has 0 aromatic heterocycles. The van der Waals surface area contributed by atoms with Gasteiger partial charge in [0.15, 0.2) is 0 Å². The average molecular weight is 428 g/mol. The number of allylic oxidation sites excluding steroid dienone is 2. The summed E-state index contributed by atoms with van der Waals surface area (Å²) >= 11 is 0. The standard InChI is InChI=1S/C24H30FN3O3/c1-26-23(29)18-9-8-15(13-19(18)25)12-16-14-21(28(2)20-10-11-31-22(16)20)24(30)27-17-6-4-3-5-7-17/h8-9,13-14,17,20H,3-7,10-12H2,1-2H3,(H,26,29)(H,27,30). The van der Waals surface area contributed by atoms with Gasteiger partial charge < -0.3 is 20.3 Å². The lowest BCUT2D eigenvalue weighted by Gasteiger charge is -2.34. The molecule has 1 aliphatic carbocycles. The molecule has 0 radical (unpaired) electrons. The number of hydrogen-bond donors (Lipinski definition) is 2. The van der Waals surface area contributed by atoms with E-state index in [1.807, 2.05) is 18.0 Å². The number of likely N-dealkylation sites (N-methyl/N-ethyl adjacent to an activating group) is 1. The van der Waals surface area contributed by atoms with Gasteiger partial charge in [0, 0.05) is 33.0 Å². The third-order valence-corrected chi connectivity index (χ3v) is 6.50. The minimum absolute atomic E-state index is 0.0158. The van der Waals surface area contributed by atoms with Crippen molar-refractivity contribution in [3.05, 3.63) is 58.2 Å². The highest BCUT2D eigenvalue weighted by atomic mass is 19.1. The van der Waals surface area contributed by atoms with Crippen molar-refractivity contribution in [1.29, 1.82) is 0 Å². The Morgan fingerprint density at radius 1 is 1.16 bits per heavy atom. The maximum atomic E-state index is 14.4. The van der Waals surface area contributed by atoms with Crippen LogP contribution in [0.4, 0.5) is 4.39 Å². The van der Waals surface area contributed by atoms with Gasteiger partial charge in [-0.3, -0.25) is 9.59 Å². The van der Waals surface area contributed by atoms with Gasteiger partial charge in [0.05, 0.1) is 18.2 Å². The van der Waals surface area contributed by atoms with Crippen LogP contribution in [0.2, 0.25) is 0 Å². The second kappa shape index (κ2) is 9.12. The Hall–Kier alpha value is -2.83. The van der Waals surface area contributed by atoms with Crippen LogP contribution in [0.3, 0.4) is 0 Å². The lowest BCUT2D eigenvalue weighted by Crippen LogP contribution is -2.44. The maximum Gasteiger partial charge on any atom is 0.267 e. The van der Waals surface area contributed by atoms with Crippen LogP contribution in [0.5, 0.6) is 0 Å². The summed E-state index contributed by atoms with van der Waals surface area (Å²) in [6.45, 7) is 0.600.